The molecule has 2 saturated heterocycles. The average Bonchev–Trinajstić information content (AvgIpc) is 2.73. The Hall–Kier alpha value is 0.270. The zero-order valence-corrected chi connectivity index (χ0v) is 11.4. The molecule has 0 aromatic rings. The fourth-order valence-corrected chi connectivity index (χ4v) is 4.20. The third-order valence-electron chi connectivity index (χ3n) is 4.00. The molecule has 0 radical (unpaired) electrons. The van der Waals surface area contributed by atoms with Crippen LogP contribution in [0.15, 0.2) is 0 Å². The zero-order valence-electron chi connectivity index (χ0n) is 10.6. The molecule has 2 rings (SSSR count). The highest BCUT2D eigenvalue weighted by Crippen LogP contribution is 2.34. The Kier molecular flexibility index (Phi) is 4.57. The van der Waals surface area contributed by atoms with Crippen LogP contribution in [0, 0.1) is 5.41 Å². The molecule has 2 fully saturated rings. The molecular weight excluding hydrogens is 218 g/mol. The standard InChI is InChI=1S/C13H25NOS/c1-13(2)6-9-16-10-12(13)14-7-5-11-4-3-8-15-11/h11-12,14H,3-10H2,1-2H3. The molecule has 0 aromatic heterocycles. The lowest BCUT2D eigenvalue weighted by Gasteiger charge is -2.39. The smallest absolute Gasteiger partial charge is 0.0588 e. The molecule has 16 heavy (non-hydrogen) atoms. The van der Waals surface area contributed by atoms with Crippen LogP contribution in [0.4, 0.5) is 0 Å². The highest BCUT2D eigenvalue weighted by molar-refractivity contribution is 7.99. The molecule has 2 atom stereocenters. The molecule has 2 nitrogen and oxygen atoms in total. The molecule has 0 amide bonds. The highest BCUT2D eigenvalue weighted by atomic mass is 32.2. The van der Waals surface area contributed by atoms with Crippen molar-refractivity contribution in [2.24, 2.45) is 5.41 Å². The SMILES string of the molecule is CC1(C)CCSCC1NCCC1CCCO1. The van der Waals surface area contributed by atoms with Crippen molar-refractivity contribution in [1.82, 2.24) is 5.32 Å². The average molecular weight is 243 g/mol. The summed E-state index contributed by atoms with van der Waals surface area (Å²) in [5, 5.41) is 3.74. The van der Waals surface area contributed by atoms with Crippen molar-refractivity contribution in [1.29, 1.82) is 0 Å². The molecule has 2 aliphatic rings. The first kappa shape index (κ1) is 12.7. The molecule has 2 heterocycles. The van der Waals surface area contributed by atoms with E-state index in [9.17, 15) is 0 Å². The Morgan fingerprint density at radius 3 is 3.00 bits per heavy atom. The normalized spacial score (nSPS) is 34.1. The van der Waals surface area contributed by atoms with Crippen LogP contribution in [0.1, 0.15) is 39.5 Å². The molecule has 2 aliphatic heterocycles. The summed E-state index contributed by atoms with van der Waals surface area (Å²) in [7, 11) is 0. The van der Waals surface area contributed by atoms with E-state index in [2.05, 4.69) is 30.9 Å². The van der Waals surface area contributed by atoms with Crippen molar-refractivity contribution in [3.05, 3.63) is 0 Å². The lowest BCUT2D eigenvalue weighted by molar-refractivity contribution is 0.101. The lowest BCUT2D eigenvalue weighted by Crippen LogP contribution is -2.47. The van der Waals surface area contributed by atoms with Gasteiger partial charge in [0.1, 0.15) is 0 Å². The quantitative estimate of drug-likeness (QED) is 0.820. The van der Waals surface area contributed by atoms with Gasteiger partial charge in [-0.05, 0) is 43.4 Å². The van der Waals surface area contributed by atoms with Gasteiger partial charge in [0, 0.05) is 18.4 Å². The lowest BCUT2D eigenvalue weighted by atomic mass is 9.82. The van der Waals surface area contributed by atoms with Crippen LogP contribution in [0.5, 0.6) is 0 Å². The van der Waals surface area contributed by atoms with Gasteiger partial charge in [0.15, 0.2) is 0 Å². The highest BCUT2D eigenvalue weighted by Gasteiger charge is 2.32. The summed E-state index contributed by atoms with van der Waals surface area (Å²) >= 11 is 2.09. The van der Waals surface area contributed by atoms with Crippen molar-refractivity contribution >= 4 is 11.8 Å². The second-order valence-corrected chi connectivity index (χ2v) is 6.89. The summed E-state index contributed by atoms with van der Waals surface area (Å²) in [6.45, 7) is 6.90. The van der Waals surface area contributed by atoms with Crippen LogP contribution in [0.3, 0.4) is 0 Å². The predicted octanol–water partition coefficient (Wildman–Crippen LogP) is 2.68. The Morgan fingerprint density at radius 1 is 1.44 bits per heavy atom. The van der Waals surface area contributed by atoms with Crippen LogP contribution in [0.25, 0.3) is 0 Å². The zero-order chi connectivity index (χ0) is 11.4. The van der Waals surface area contributed by atoms with Gasteiger partial charge in [0.05, 0.1) is 6.10 Å². The van der Waals surface area contributed by atoms with Gasteiger partial charge in [0.25, 0.3) is 0 Å². The summed E-state index contributed by atoms with van der Waals surface area (Å²) in [6, 6.07) is 0.688. The topological polar surface area (TPSA) is 21.3 Å². The maximum Gasteiger partial charge on any atom is 0.0588 e. The van der Waals surface area contributed by atoms with E-state index in [0.717, 1.165) is 13.2 Å². The van der Waals surface area contributed by atoms with E-state index in [4.69, 9.17) is 4.74 Å². The van der Waals surface area contributed by atoms with Gasteiger partial charge in [-0.3, -0.25) is 0 Å². The molecule has 0 spiro atoms. The first-order chi connectivity index (χ1) is 7.68. The molecule has 94 valence electrons. The molecule has 3 heteroatoms. The number of thioether (sulfide) groups is 1. The number of ether oxygens (including phenoxy) is 1. The molecule has 2 unspecified atom stereocenters. The van der Waals surface area contributed by atoms with Crippen LogP contribution in [-0.2, 0) is 4.74 Å². The minimum absolute atomic E-state index is 0.474. The summed E-state index contributed by atoms with van der Waals surface area (Å²) in [4.78, 5) is 0. The van der Waals surface area contributed by atoms with Crippen LogP contribution < -0.4 is 5.32 Å². The number of nitrogens with one attached hydrogen (secondary N) is 1. The van der Waals surface area contributed by atoms with E-state index in [-0.39, 0.29) is 0 Å². The summed E-state index contributed by atoms with van der Waals surface area (Å²) in [5.74, 6) is 2.61. The summed E-state index contributed by atoms with van der Waals surface area (Å²) in [6.07, 6.45) is 5.60. The molecular formula is C13H25NOS. The van der Waals surface area contributed by atoms with Gasteiger partial charge in [-0.2, -0.15) is 11.8 Å². The maximum absolute atomic E-state index is 5.65. The monoisotopic (exact) mass is 243 g/mol. The van der Waals surface area contributed by atoms with E-state index in [1.54, 1.807) is 0 Å². The van der Waals surface area contributed by atoms with E-state index in [1.807, 2.05) is 0 Å². The van der Waals surface area contributed by atoms with E-state index >= 15 is 0 Å². The van der Waals surface area contributed by atoms with E-state index < -0.39 is 0 Å². The Morgan fingerprint density at radius 2 is 2.31 bits per heavy atom. The van der Waals surface area contributed by atoms with Crippen LogP contribution >= 0.6 is 11.8 Å². The summed E-state index contributed by atoms with van der Waals surface area (Å²) < 4.78 is 5.65. The van der Waals surface area contributed by atoms with Gasteiger partial charge in [-0.15, -0.1) is 0 Å². The number of hydrogen-bond acceptors (Lipinski definition) is 3. The Bertz CT molecular complexity index is 214. The van der Waals surface area contributed by atoms with E-state index in [0.29, 0.717) is 17.6 Å². The van der Waals surface area contributed by atoms with Gasteiger partial charge in [-0.1, -0.05) is 13.8 Å². The van der Waals surface area contributed by atoms with Crippen LogP contribution in [0.2, 0.25) is 0 Å². The van der Waals surface area contributed by atoms with Crippen molar-refractivity contribution < 1.29 is 4.74 Å². The largest absolute Gasteiger partial charge is 0.378 e. The van der Waals surface area contributed by atoms with Crippen LogP contribution in [-0.4, -0.2) is 36.8 Å². The molecule has 0 saturated carbocycles. The molecule has 0 aliphatic carbocycles. The van der Waals surface area contributed by atoms with Gasteiger partial charge in [-0.25, -0.2) is 0 Å². The van der Waals surface area contributed by atoms with Crippen molar-refractivity contribution in [2.75, 3.05) is 24.7 Å². The van der Waals surface area contributed by atoms with Crippen molar-refractivity contribution in [3.63, 3.8) is 0 Å². The molecule has 0 bridgehead atoms. The maximum atomic E-state index is 5.65. The van der Waals surface area contributed by atoms with Gasteiger partial charge in [0.2, 0.25) is 0 Å². The fourth-order valence-electron chi connectivity index (χ4n) is 2.56. The minimum Gasteiger partial charge on any atom is -0.378 e. The second kappa shape index (κ2) is 5.74. The molecule has 0 aromatic carbocycles. The van der Waals surface area contributed by atoms with Gasteiger partial charge >= 0.3 is 0 Å². The Labute approximate surface area is 104 Å². The summed E-state index contributed by atoms with van der Waals surface area (Å²) in [5.41, 5.74) is 0.474. The molecule has 1 N–H and O–H groups in total. The van der Waals surface area contributed by atoms with E-state index in [1.165, 1.54) is 37.2 Å². The third-order valence-corrected chi connectivity index (χ3v) is 5.06. The second-order valence-electron chi connectivity index (χ2n) is 5.74. The number of hydrogen-bond donors (Lipinski definition) is 1. The fraction of sp³-hybridized carbons (Fsp3) is 1.00. The third kappa shape index (κ3) is 3.38. The first-order valence-electron chi connectivity index (χ1n) is 6.61. The van der Waals surface area contributed by atoms with Crippen molar-refractivity contribution in [2.45, 2.75) is 51.7 Å². The first-order valence-corrected chi connectivity index (χ1v) is 7.77. The minimum atomic E-state index is 0.474. The number of rotatable bonds is 4. The predicted molar refractivity (Wildman–Crippen MR) is 71.1 cm³/mol. The van der Waals surface area contributed by atoms with Gasteiger partial charge < -0.3 is 10.1 Å². The van der Waals surface area contributed by atoms with Crippen molar-refractivity contribution in [3.8, 4) is 0 Å². The Balaban J connectivity index is 1.67.